The van der Waals surface area contributed by atoms with E-state index >= 15 is 0 Å². The van der Waals surface area contributed by atoms with Crippen molar-refractivity contribution in [1.29, 1.82) is 0 Å². The van der Waals surface area contributed by atoms with E-state index in [0.717, 1.165) is 22.6 Å². The number of carbonyl (C=O) groups is 1. The molecule has 0 aromatic heterocycles. The molecule has 3 nitrogen and oxygen atoms in total. The van der Waals surface area contributed by atoms with E-state index in [-0.39, 0.29) is 5.91 Å². The van der Waals surface area contributed by atoms with Gasteiger partial charge in [-0.1, -0.05) is 36.4 Å². The van der Waals surface area contributed by atoms with E-state index in [2.05, 4.69) is 5.32 Å². The van der Waals surface area contributed by atoms with Gasteiger partial charge in [0.25, 0.3) is 0 Å². The molecule has 0 saturated heterocycles. The smallest absolute Gasteiger partial charge is 0.234 e. The Morgan fingerprint density at radius 3 is 2.45 bits per heavy atom. The average Bonchev–Trinajstić information content (AvgIpc) is 2.48. The second kappa shape index (κ2) is 7.01. The third kappa shape index (κ3) is 3.33. The molecule has 0 spiro atoms. The molecule has 2 aromatic rings. The van der Waals surface area contributed by atoms with Gasteiger partial charge in [-0.15, -0.1) is 0 Å². The van der Waals surface area contributed by atoms with Crippen LogP contribution in [0, 0.1) is 0 Å². The minimum Gasteiger partial charge on any atom is -0.496 e. The molecule has 1 amide bonds. The van der Waals surface area contributed by atoms with Crippen molar-refractivity contribution in [3.63, 3.8) is 0 Å². The molecule has 0 aliphatic heterocycles. The Kier molecular flexibility index (Phi) is 5.07. The van der Waals surface area contributed by atoms with Gasteiger partial charge in [0, 0.05) is 16.8 Å². The van der Waals surface area contributed by atoms with E-state index in [1.165, 1.54) is 11.8 Å². The first-order valence-corrected chi connectivity index (χ1v) is 7.67. The maximum atomic E-state index is 11.8. The number of para-hydroxylation sites is 2. The van der Waals surface area contributed by atoms with E-state index in [1.54, 1.807) is 7.11 Å². The predicted octanol–water partition coefficient (Wildman–Crippen LogP) is 3.66. The number of nitrogens with one attached hydrogen (secondary N) is 1. The lowest BCUT2D eigenvalue weighted by molar-refractivity contribution is -0.113. The summed E-state index contributed by atoms with van der Waals surface area (Å²) < 4.78 is 5.39. The molecule has 2 aromatic carbocycles. The van der Waals surface area contributed by atoms with Gasteiger partial charge in [0.05, 0.1) is 12.9 Å². The minimum atomic E-state index is -0.000141. The summed E-state index contributed by atoms with van der Waals surface area (Å²) in [6.45, 7) is 0. The SMILES string of the molecule is COc1ccccc1-c1ccccc1NC(=O)CSC. The number of carbonyl (C=O) groups excluding carboxylic acids is 1. The maximum Gasteiger partial charge on any atom is 0.234 e. The highest BCUT2D eigenvalue weighted by atomic mass is 32.2. The van der Waals surface area contributed by atoms with Gasteiger partial charge in [0.1, 0.15) is 5.75 Å². The number of benzene rings is 2. The number of hydrogen-bond donors (Lipinski definition) is 1. The van der Waals surface area contributed by atoms with E-state index in [1.807, 2.05) is 54.8 Å². The van der Waals surface area contributed by atoms with Gasteiger partial charge in [-0.2, -0.15) is 11.8 Å². The molecule has 0 unspecified atom stereocenters. The molecule has 0 aliphatic rings. The Balaban J connectivity index is 2.39. The highest BCUT2D eigenvalue weighted by Gasteiger charge is 2.11. The molecule has 0 atom stereocenters. The Hall–Kier alpha value is -1.94. The summed E-state index contributed by atoms with van der Waals surface area (Å²) >= 11 is 1.50. The zero-order valence-electron chi connectivity index (χ0n) is 11.6. The number of ether oxygens (including phenoxy) is 1. The summed E-state index contributed by atoms with van der Waals surface area (Å²) in [6, 6.07) is 15.5. The molecule has 0 heterocycles. The molecule has 104 valence electrons. The van der Waals surface area contributed by atoms with E-state index in [0.29, 0.717) is 5.75 Å². The Morgan fingerprint density at radius 1 is 1.10 bits per heavy atom. The largest absolute Gasteiger partial charge is 0.496 e. The Bertz CT molecular complexity index is 599. The highest BCUT2D eigenvalue weighted by molar-refractivity contribution is 7.99. The average molecular weight is 287 g/mol. The summed E-state index contributed by atoms with van der Waals surface area (Å²) in [5.74, 6) is 1.24. The molecular weight excluding hydrogens is 270 g/mol. The van der Waals surface area contributed by atoms with Gasteiger partial charge in [-0.3, -0.25) is 4.79 Å². The number of thioether (sulfide) groups is 1. The van der Waals surface area contributed by atoms with Crippen LogP contribution in [-0.4, -0.2) is 25.0 Å². The van der Waals surface area contributed by atoms with Crippen LogP contribution >= 0.6 is 11.8 Å². The molecule has 20 heavy (non-hydrogen) atoms. The minimum absolute atomic E-state index is 0.000141. The Morgan fingerprint density at radius 2 is 1.75 bits per heavy atom. The van der Waals surface area contributed by atoms with Crippen molar-refractivity contribution in [2.75, 3.05) is 24.4 Å². The highest BCUT2D eigenvalue weighted by Crippen LogP contribution is 2.34. The van der Waals surface area contributed by atoms with E-state index in [4.69, 9.17) is 4.74 Å². The van der Waals surface area contributed by atoms with Crippen molar-refractivity contribution in [2.24, 2.45) is 0 Å². The van der Waals surface area contributed by atoms with Crippen LogP contribution < -0.4 is 10.1 Å². The molecule has 1 N–H and O–H groups in total. The van der Waals surface area contributed by atoms with Gasteiger partial charge in [-0.05, 0) is 18.4 Å². The topological polar surface area (TPSA) is 38.3 Å². The van der Waals surface area contributed by atoms with Gasteiger partial charge >= 0.3 is 0 Å². The molecule has 0 bridgehead atoms. The van der Waals surface area contributed by atoms with Gasteiger partial charge in [0.15, 0.2) is 0 Å². The fourth-order valence-electron chi connectivity index (χ4n) is 2.01. The first kappa shape index (κ1) is 14.5. The lowest BCUT2D eigenvalue weighted by atomic mass is 10.0. The molecule has 2 rings (SSSR count). The normalized spacial score (nSPS) is 10.1. The van der Waals surface area contributed by atoms with Crippen LogP contribution in [0.15, 0.2) is 48.5 Å². The molecule has 0 aliphatic carbocycles. The standard InChI is InChI=1S/C16H17NO2S/c1-19-15-10-6-4-8-13(15)12-7-3-5-9-14(12)17-16(18)11-20-2/h3-10H,11H2,1-2H3,(H,17,18). The Labute approximate surface area is 123 Å². The second-order valence-electron chi connectivity index (χ2n) is 4.23. The number of rotatable bonds is 5. The van der Waals surface area contributed by atoms with Crippen LogP contribution in [0.3, 0.4) is 0 Å². The summed E-state index contributed by atoms with van der Waals surface area (Å²) in [5.41, 5.74) is 2.73. The van der Waals surface area contributed by atoms with Gasteiger partial charge in [0.2, 0.25) is 5.91 Å². The monoisotopic (exact) mass is 287 g/mol. The fraction of sp³-hybridized carbons (Fsp3) is 0.188. The van der Waals surface area contributed by atoms with Crippen molar-refractivity contribution < 1.29 is 9.53 Å². The van der Waals surface area contributed by atoms with Crippen LogP contribution in [0.5, 0.6) is 5.75 Å². The first-order chi connectivity index (χ1) is 9.76. The van der Waals surface area contributed by atoms with Gasteiger partial charge < -0.3 is 10.1 Å². The lowest BCUT2D eigenvalue weighted by Gasteiger charge is -2.13. The van der Waals surface area contributed by atoms with Crippen molar-refractivity contribution in [3.05, 3.63) is 48.5 Å². The quantitative estimate of drug-likeness (QED) is 0.912. The zero-order chi connectivity index (χ0) is 14.4. The fourth-order valence-corrected chi connectivity index (χ4v) is 2.35. The number of methoxy groups -OCH3 is 1. The third-order valence-corrected chi connectivity index (χ3v) is 3.42. The predicted molar refractivity (Wildman–Crippen MR) is 85.4 cm³/mol. The van der Waals surface area contributed by atoms with Crippen LogP contribution in [0.4, 0.5) is 5.69 Å². The van der Waals surface area contributed by atoms with Crippen LogP contribution in [0.1, 0.15) is 0 Å². The first-order valence-electron chi connectivity index (χ1n) is 6.27. The summed E-state index contributed by atoms with van der Waals surface area (Å²) in [7, 11) is 1.65. The van der Waals surface area contributed by atoms with Crippen LogP contribution in [0.2, 0.25) is 0 Å². The van der Waals surface area contributed by atoms with Crippen molar-refractivity contribution in [3.8, 4) is 16.9 Å². The van der Waals surface area contributed by atoms with Crippen molar-refractivity contribution in [2.45, 2.75) is 0 Å². The number of hydrogen-bond acceptors (Lipinski definition) is 3. The summed E-state index contributed by atoms with van der Waals surface area (Å²) in [4.78, 5) is 11.8. The summed E-state index contributed by atoms with van der Waals surface area (Å²) in [6.07, 6.45) is 1.91. The van der Waals surface area contributed by atoms with Gasteiger partial charge in [-0.25, -0.2) is 0 Å². The van der Waals surface area contributed by atoms with Crippen molar-refractivity contribution in [1.82, 2.24) is 0 Å². The third-order valence-electron chi connectivity index (χ3n) is 2.87. The lowest BCUT2D eigenvalue weighted by Crippen LogP contribution is -2.14. The van der Waals surface area contributed by atoms with Crippen molar-refractivity contribution >= 4 is 23.4 Å². The van der Waals surface area contributed by atoms with Crippen LogP contribution in [0.25, 0.3) is 11.1 Å². The van der Waals surface area contributed by atoms with Crippen LogP contribution in [-0.2, 0) is 4.79 Å². The molecular formula is C16H17NO2S. The molecule has 0 saturated carbocycles. The second-order valence-corrected chi connectivity index (χ2v) is 5.09. The molecule has 4 heteroatoms. The summed E-state index contributed by atoms with van der Waals surface area (Å²) in [5, 5.41) is 2.95. The van der Waals surface area contributed by atoms with E-state index < -0.39 is 0 Å². The maximum absolute atomic E-state index is 11.8. The number of anilines is 1. The molecule has 0 radical (unpaired) electrons. The number of amides is 1. The zero-order valence-corrected chi connectivity index (χ0v) is 12.4. The molecule has 0 fully saturated rings. The van der Waals surface area contributed by atoms with E-state index in [9.17, 15) is 4.79 Å².